The third-order valence-corrected chi connectivity index (χ3v) is 7.05. The van der Waals surface area contributed by atoms with Crippen molar-refractivity contribution in [3.05, 3.63) is 54.3 Å². The van der Waals surface area contributed by atoms with Gasteiger partial charge in [-0.3, -0.25) is 4.31 Å². The Balaban J connectivity index is 1.65. The van der Waals surface area contributed by atoms with E-state index in [1.807, 2.05) is 19.1 Å². The number of hydrogen-bond acceptors (Lipinski definition) is 2. The molecule has 0 radical (unpaired) electrons. The third kappa shape index (κ3) is 1.81. The number of allylic oxidation sites excluding steroid dienone is 3. The highest BCUT2D eigenvalue weighted by Gasteiger charge is 2.64. The molecule has 1 saturated carbocycles. The predicted molar refractivity (Wildman–Crippen MR) is 82.0 cm³/mol. The summed E-state index contributed by atoms with van der Waals surface area (Å²) in [5.74, 6) is 1.20. The molecule has 1 heterocycles. The van der Waals surface area contributed by atoms with Crippen molar-refractivity contribution >= 4 is 10.0 Å². The average molecular weight is 301 g/mol. The van der Waals surface area contributed by atoms with Crippen molar-refractivity contribution in [1.29, 1.82) is 0 Å². The first-order valence-electron chi connectivity index (χ1n) is 7.46. The Hall–Kier alpha value is -1.55. The molecule has 3 nitrogen and oxygen atoms in total. The van der Waals surface area contributed by atoms with E-state index in [1.54, 1.807) is 22.6 Å². The van der Waals surface area contributed by atoms with Crippen molar-refractivity contribution in [3.63, 3.8) is 0 Å². The van der Waals surface area contributed by atoms with Gasteiger partial charge in [0.1, 0.15) is 0 Å². The van der Waals surface area contributed by atoms with Gasteiger partial charge < -0.3 is 0 Å². The lowest BCUT2D eigenvalue weighted by molar-refractivity contribution is 0.335. The summed E-state index contributed by atoms with van der Waals surface area (Å²) in [6, 6.07) is 7.11. The molecule has 1 aliphatic heterocycles. The van der Waals surface area contributed by atoms with Crippen molar-refractivity contribution in [2.75, 3.05) is 6.54 Å². The van der Waals surface area contributed by atoms with Gasteiger partial charge in [-0.25, -0.2) is 8.42 Å². The van der Waals surface area contributed by atoms with Crippen LogP contribution in [0.1, 0.15) is 18.4 Å². The van der Waals surface area contributed by atoms with Crippen molar-refractivity contribution in [2.24, 2.45) is 17.3 Å². The molecule has 2 aliphatic carbocycles. The molecule has 0 bridgehead atoms. The average Bonchev–Trinajstić information content (AvgIpc) is 3.16. The summed E-state index contributed by atoms with van der Waals surface area (Å²) < 4.78 is 27.1. The van der Waals surface area contributed by atoms with Crippen molar-refractivity contribution in [2.45, 2.75) is 24.7 Å². The van der Waals surface area contributed by atoms with Gasteiger partial charge in [0, 0.05) is 18.2 Å². The largest absolute Gasteiger partial charge is 0.273 e. The molecule has 0 aromatic heterocycles. The van der Waals surface area contributed by atoms with Crippen molar-refractivity contribution in [1.82, 2.24) is 4.31 Å². The van der Waals surface area contributed by atoms with Gasteiger partial charge in [-0.15, -0.1) is 0 Å². The summed E-state index contributed by atoms with van der Waals surface area (Å²) in [7, 11) is -3.42. The normalized spacial score (nSPS) is 33.5. The molecule has 0 N–H and O–H groups in total. The molecule has 3 aliphatic rings. The van der Waals surface area contributed by atoms with Crippen molar-refractivity contribution in [3.8, 4) is 0 Å². The van der Waals surface area contributed by atoms with Crippen LogP contribution < -0.4 is 0 Å². The molecular weight excluding hydrogens is 282 g/mol. The van der Waals surface area contributed by atoms with E-state index in [9.17, 15) is 8.42 Å². The number of aryl methyl sites for hydroxylation is 1. The monoisotopic (exact) mass is 301 g/mol. The zero-order valence-corrected chi connectivity index (χ0v) is 12.9. The van der Waals surface area contributed by atoms with Crippen LogP contribution in [0, 0.1) is 24.2 Å². The number of fused-ring (bicyclic) bond motifs is 1. The Morgan fingerprint density at radius 2 is 1.95 bits per heavy atom. The van der Waals surface area contributed by atoms with Crippen LogP contribution >= 0.6 is 0 Å². The summed E-state index contributed by atoms with van der Waals surface area (Å²) in [6.07, 6.45) is 10.4. The molecule has 1 aromatic carbocycles. The highest BCUT2D eigenvalue weighted by atomic mass is 32.2. The lowest BCUT2D eigenvalue weighted by Crippen LogP contribution is -2.35. The predicted octanol–water partition coefficient (Wildman–Crippen LogP) is 3.10. The second-order valence-electron chi connectivity index (χ2n) is 6.48. The highest BCUT2D eigenvalue weighted by Crippen LogP contribution is 2.67. The molecule has 0 amide bonds. The van der Waals surface area contributed by atoms with E-state index >= 15 is 0 Å². The maximum absolute atomic E-state index is 12.8. The van der Waals surface area contributed by atoms with E-state index in [0.717, 1.165) is 18.4 Å². The van der Waals surface area contributed by atoms with Gasteiger partial charge in [-0.2, -0.15) is 0 Å². The molecule has 1 fully saturated rings. The molecule has 1 spiro atoms. The van der Waals surface area contributed by atoms with E-state index < -0.39 is 10.0 Å². The Morgan fingerprint density at radius 3 is 2.71 bits per heavy atom. The van der Waals surface area contributed by atoms with Crippen LogP contribution in [0.5, 0.6) is 0 Å². The maximum Gasteiger partial charge on any atom is 0.263 e. The molecule has 1 aromatic rings. The van der Waals surface area contributed by atoms with Crippen molar-refractivity contribution < 1.29 is 8.42 Å². The van der Waals surface area contributed by atoms with Crippen LogP contribution in [0.2, 0.25) is 0 Å². The molecule has 3 unspecified atom stereocenters. The minimum Gasteiger partial charge on any atom is -0.273 e. The fraction of sp³-hybridized carbons (Fsp3) is 0.412. The van der Waals surface area contributed by atoms with Gasteiger partial charge in [0.15, 0.2) is 0 Å². The van der Waals surface area contributed by atoms with Crippen LogP contribution in [0.4, 0.5) is 0 Å². The molecule has 3 atom stereocenters. The minimum absolute atomic E-state index is 0.168. The number of benzene rings is 1. The lowest BCUT2D eigenvalue weighted by atomic mass is 9.92. The molecule has 21 heavy (non-hydrogen) atoms. The molecule has 110 valence electrons. The van der Waals surface area contributed by atoms with Crippen LogP contribution in [-0.2, 0) is 10.0 Å². The second-order valence-corrected chi connectivity index (χ2v) is 8.37. The van der Waals surface area contributed by atoms with E-state index in [4.69, 9.17) is 0 Å². The minimum atomic E-state index is -3.42. The summed E-state index contributed by atoms with van der Waals surface area (Å²) in [5, 5.41) is 0. The Bertz CT molecular complexity index is 733. The summed E-state index contributed by atoms with van der Waals surface area (Å²) in [6.45, 7) is 2.59. The van der Waals surface area contributed by atoms with Gasteiger partial charge in [0.05, 0.1) is 4.90 Å². The van der Waals surface area contributed by atoms with E-state index in [-0.39, 0.29) is 5.41 Å². The van der Waals surface area contributed by atoms with E-state index in [0.29, 0.717) is 23.3 Å². The first-order valence-corrected chi connectivity index (χ1v) is 8.90. The first-order chi connectivity index (χ1) is 10.0. The fourth-order valence-corrected chi connectivity index (χ4v) is 5.37. The maximum atomic E-state index is 12.8. The van der Waals surface area contributed by atoms with Crippen LogP contribution in [0.25, 0.3) is 0 Å². The molecule has 0 saturated heterocycles. The van der Waals surface area contributed by atoms with E-state index in [2.05, 4.69) is 18.2 Å². The molecule has 4 heteroatoms. The quantitative estimate of drug-likeness (QED) is 0.787. The highest BCUT2D eigenvalue weighted by molar-refractivity contribution is 7.89. The summed E-state index contributed by atoms with van der Waals surface area (Å²) in [5.41, 5.74) is 1.24. The van der Waals surface area contributed by atoms with Crippen LogP contribution in [0.3, 0.4) is 0 Å². The van der Waals surface area contributed by atoms with Gasteiger partial charge in [0.25, 0.3) is 10.0 Å². The standard InChI is InChI=1S/C17H19NO2S/c1-13-5-7-14(8-6-13)21(19,20)18-11-9-16-15-4-2-3-10-17(15,16)12-18/h2-3,5-9,11,15-16H,4,10,12H2,1H3. The second kappa shape index (κ2) is 4.23. The first kappa shape index (κ1) is 13.1. The van der Waals surface area contributed by atoms with E-state index in [1.165, 1.54) is 0 Å². The Morgan fingerprint density at radius 1 is 1.19 bits per heavy atom. The summed E-state index contributed by atoms with van der Waals surface area (Å²) in [4.78, 5) is 0.385. The zero-order chi connectivity index (χ0) is 14.7. The number of nitrogens with zero attached hydrogens (tertiary/aromatic N) is 1. The van der Waals surface area contributed by atoms with Gasteiger partial charge in [-0.1, -0.05) is 35.9 Å². The fourth-order valence-electron chi connectivity index (χ4n) is 3.98. The Kier molecular flexibility index (Phi) is 2.65. The van der Waals surface area contributed by atoms with Gasteiger partial charge in [0.2, 0.25) is 0 Å². The van der Waals surface area contributed by atoms with Gasteiger partial charge in [-0.05, 0) is 43.7 Å². The number of sulfonamides is 1. The number of hydrogen-bond donors (Lipinski definition) is 0. The van der Waals surface area contributed by atoms with Crippen LogP contribution in [-0.4, -0.2) is 19.3 Å². The SMILES string of the molecule is Cc1ccc(S(=O)(=O)N2C=CC3C4CC=CCC34C2)cc1. The lowest BCUT2D eigenvalue weighted by Gasteiger charge is -2.30. The molecular formula is C17H19NO2S. The third-order valence-electron chi connectivity index (χ3n) is 5.32. The smallest absolute Gasteiger partial charge is 0.263 e. The van der Waals surface area contributed by atoms with Crippen LogP contribution in [0.15, 0.2) is 53.6 Å². The topological polar surface area (TPSA) is 37.4 Å². The van der Waals surface area contributed by atoms with Gasteiger partial charge >= 0.3 is 0 Å². The zero-order valence-electron chi connectivity index (χ0n) is 12.1. The molecule has 4 rings (SSSR count). The number of rotatable bonds is 2. The Labute approximate surface area is 126 Å². The summed E-state index contributed by atoms with van der Waals surface area (Å²) >= 11 is 0.